The molecular formula is C13H25F3N2O2. The molecule has 0 spiro atoms. The van der Waals surface area contributed by atoms with E-state index in [1.165, 1.54) is 0 Å². The Morgan fingerprint density at radius 3 is 2.30 bits per heavy atom. The van der Waals surface area contributed by atoms with Gasteiger partial charge in [-0.05, 0) is 27.7 Å². The van der Waals surface area contributed by atoms with Crippen LogP contribution in [0.5, 0.6) is 0 Å². The van der Waals surface area contributed by atoms with Gasteiger partial charge in [-0.15, -0.1) is 0 Å². The van der Waals surface area contributed by atoms with E-state index in [4.69, 9.17) is 0 Å². The maximum absolute atomic E-state index is 11.9. The summed E-state index contributed by atoms with van der Waals surface area (Å²) >= 11 is 0. The molecule has 4 nitrogen and oxygen atoms in total. The lowest BCUT2D eigenvalue weighted by Gasteiger charge is -2.33. The molecule has 7 heteroatoms. The molecular weight excluding hydrogens is 273 g/mol. The number of halogens is 3. The number of ether oxygens (including phenoxy) is 1. The lowest BCUT2D eigenvalue weighted by atomic mass is 10.2. The highest BCUT2D eigenvalue weighted by Gasteiger charge is 2.29. The van der Waals surface area contributed by atoms with Crippen LogP contribution in [0.1, 0.15) is 34.1 Å². The van der Waals surface area contributed by atoms with E-state index in [0.717, 1.165) is 19.6 Å². The number of rotatable bonds is 3. The summed E-state index contributed by atoms with van der Waals surface area (Å²) < 4.78 is 40.2. The van der Waals surface area contributed by atoms with Crippen molar-refractivity contribution in [1.82, 2.24) is 10.2 Å². The molecule has 1 rings (SSSR count). The van der Waals surface area contributed by atoms with E-state index in [2.05, 4.69) is 10.1 Å². The second kappa shape index (κ2) is 8.46. The van der Waals surface area contributed by atoms with Gasteiger partial charge in [0.15, 0.2) is 0 Å². The van der Waals surface area contributed by atoms with Crippen LogP contribution in [0.25, 0.3) is 0 Å². The molecule has 0 aromatic rings. The summed E-state index contributed by atoms with van der Waals surface area (Å²) in [6, 6.07) is 0.219. The molecule has 120 valence electrons. The Bertz CT molecular complexity index is 278. The van der Waals surface area contributed by atoms with Gasteiger partial charge in [0.25, 0.3) is 6.47 Å². The van der Waals surface area contributed by atoms with E-state index in [0.29, 0.717) is 6.47 Å². The Balaban J connectivity index is 0.000000441. The average molecular weight is 298 g/mol. The Morgan fingerprint density at radius 1 is 1.35 bits per heavy atom. The number of alkyl halides is 3. The van der Waals surface area contributed by atoms with Crippen LogP contribution in [-0.4, -0.2) is 55.4 Å². The smallest absolute Gasteiger partial charge is 0.390 e. The fourth-order valence-corrected chi connectivity index (χ4v) is 1.63. The molecule has 0 unspecified atom stereocenters. The predicted octanol–water partition coefficient (Wildman–Crippen LogP) is 2.19. The number of carbonyl (C=O) groups excluding carboxylic acids is 1. The second-order valence-electron chi connectivity index (χ2n) is 5.78. The number of hydrogen-bond donors (Lipinski definition) is 1. The van der Waals surface area contributed by atoms with Gasteiger partial charge in [0.1, 0.15) is 5.60 Å². The largest absolute Gasteiger partial charge is 0.462 e. The zero-order valence-corrected chi connectivity index (χ0v) is 12.6. The van der Waals surface area contributed by atoms with Crippen LogP contribution >= 0.6 is 0 Å². The first-order valence-corrected chi connectivity index (χ1v) is 6.68. The topological polar surface area (TPSA) is 41.6 Å². The van der Waals surface area contributed by atoms with Crippen molar-refractivity contribution in [3.8, 4) is 0 Å². The zero-order valence-electron chi connectivity index (χ0n) is 12.6. The van der Waals surface area contributed by atoms with Crippen molar-refractivity contribution in [3.63, 3.8) is 0 Å². The van der Waals surface area contributed by atoms with Crippen molar-refractivity contribution in [2.24, 2.45) is 0 Å². The minimum atomic E-state index is -4.02. The van der Waals surface area contributed by atoms with E-state index >= 15 is 0 Å². The van der Waals surface area contributed by atoms with Crippen LogP contribution in [0, 0.1) is 0 Å². The first kappa shape index (κ1) is 19.2. The molecule has 0 aromatic heterocycles. The summed E-state index contributed by atoms with van der Waals surface area (Å²) in [4.78, 5) is 11.5. The van der Waals surface area contributed by atoms with Crippen molar-refractivity contribution in [2.45, 2.75) is 51.9 Å². The van der Waals surface area contributed by atoms with Gasteiger partial charge in [0, 0.05) is 32.2 Å². The van der Waals surface area contributed by atoms with Gasteiger partial charge < -0.3 is 10.1 Å². The first-order valence-electron chi connectivity index (χ1n) is 6.68. The lowest BCUT2D eigenvalue weighted by Crippen LogP contribution is -2.50. The Kier molecular flexibility index (Phi) is 8.12. The van der Waals surface area contributed by atoms with Crippen LogP contribution in [0.3, 0.4) is 0 Å². The SMILES string of the molecule is CC(C)(C)OC=O.C[C@@H]1CNCCN1CCC(F)(F)F. The van der Waals surface area contributed by atoms with Crippen LogP contribution in [-0.2, 0) is 9.53 Å². The monoisotopic (exact) mass is 298 g/mol. The summed E-state index contributed by atoms with van der Waals surface area (Å²) in [5.74, 6) is 0. The van der Waals surface area contributed by atoms with E-state index < -0.39 is 12.6 Å². The van der Waals surface area contributed by atoms with E-state index in [9.17, 15) is 18.0 Å². The van der Waals surface area contributed by atoms with Crippen molar-refractivity contribution >= 4 is 6.47 Å². The molecule has 0 bridgehead atoms. The number of carbonyl (C=O) groups is 1. The first-order chi connectivity index (χ1) is 9.05. The summed E-state index contributed by atoms with van der Waals surface area (Å²) in [7, 11) is 0. The number of hydrogen-bond acceptors (Lipinski definition) is 4. The summed E-state index contributed by atoms with van der Waals surface area (Å²) in [6.45, 7) is 10.3. The molecule has 0 amide bonds. The minimum absolute atomic E-state index is 0.131. The van der Waals surface area contributed by atoms with Gasteiger partial charge in [0.2, 0.25) is 0 Å². The molecule has 1 atom stereocenters. The third kappa shape index (κ3) is 11.0. The second-order valence-corrected chi connectivity index (χ2v) is 5.78. The Hall–Kier alpha value is -0.820. The Labute approximate surface area is 118 Å². The number of nitrogens with zero attached hydrogens (tertiary/aromatic N) is 1. The highest BCUT2D eigenvalue weighted by Crippen LogP contribution is 2.20. The molecule has 1 heterocycles. The highest BCUT2D eigenvalue weighted by molar-refractivity contribution is 5.37. The van der Waals surface area contributed by atoms with Crippen molar-refractivity contribution < 1.29 is 22.7 Å². The minimum Gasteiger partial charge on any atom is -0.462 e. The van der Waals surface area contributed by atoms with Gasteiger partial charge in [-0.25, -0.2) is 0 Å². The van der Waals surface area contributed by atoms with E-state index in [-0.39, 0.29) is 18.2 Å². The van der Waals surface area contributed by atoms with Crippen LogP contribution in [0.15, 0.2) is 0 Å². The number of piperazine rings is 1. The third-order valence-electron chi connectivity index (χ3n) is 2.72. The third-order valence-corrected chi connectivity index (χ3v) is 2.72. The molecule has 1 saturated heterocycles. The molecule has 0 saturated carbocycles. The van der Waals surface area contributed by atoms with Gasteiger partial charge in [0.05, 0.1) is 6.42 Å². The van der Waals surface area contributed by atoms with Crippen molar-refractivity contribution in [2.75, 3.05) is 26.2 Å². The Morgan fingerprint density at radius 2 is 1.95 bits per heavy atom. The molecule has 1 aliphatic heterocycles. The maximum atomic E-state index is 11.9. The summed E-state index contributed by atoms with van der Waals surface area (Å²) in [6.07, 6.45) is -4.72. The molecule has 0 aliphatic carbocycles. The van der Waals surface area contributed by atoms with Crippen molar-refractivity contribution in [3.05, 3.63) is 0 Å². The quantitative estimate of drug-likeness (QED) is 0.811. The van der Waals surface area contributed by atoms with E-state index in [1.807, 2.05) is 32.6 Å². The standard InChI is InChI=1S/C8H15F3N2.C5H10O2/c1-7-6-12-3-5-13(7)4-2-8(9,10)11;1-5(2,3)7-4-6/h7,12H,2-6H2,1H3;4H,1-3H3/t7-;/m1./s1. The molecule has 1 aliphatic rings. The van der Waals surface area contributed by atoms with Crippen molar-refractivity contribution in [1.29, 1.82) is 0 Å². The van der Waals surface area contributed by atoms with Gasteiger partial charge >= 0.3 is 6.18 Å². The molecule has 1 N–H and O–H groups in total. The lowest BCUT2D eigenvalue weighted by molar-refractivity contribution is -0.140. The van der Waals surface area contributed by atoms with Crippen LogP contribution < -0.4 is 5.32 Å². The maximum Gasteiger partial charge on any atom is 0.390 e. The summed E-state index contributed by atoms with van der Waals surface area (Å²) in [5.41, 5.74) is -0.318. The molecule has 0 aromatic carbocycles. The van der Waals surface area contributed by atoms with Crippen LogP contribution in [0.4, 0.5) is 13.2 Å². The predicted molar refractivity (Wildman–Crippen MR) is 71.5 cm³/mol. The fraction of sp³-hybridized carbons (Fsp3) is 0.923. The molecule has 1 fully saturated rings. The van der Waals surface area contributed by atoms with Gasteiger partial charge in [-0.1, -0.05) is 0 Å². The van der Waals surface area contributed by atoms with Gasteiger partial charge in [-0.2, -0.15) is 13.2 Å². The average Bonchev–Trinajstić information content (AvgIpc) is 2.26. The normalized spacial score (nSPS) is 20.9. The number of nitrogens with one attached hydrogen (secondary N) is 1. The fourth-order valence-electron chi connectivity index (χ4n) is 1.63. The molecule has 0 radical (unpaired) electrons. The van der Waals surface area contributed by atoms with E-state index in [1.54, 1.807) is 0 Å². The van der Waals surface area contributed by atoms with Gasteiger partial charge in [-0.3, -0.25) is 9.69 Å². The summed E-state index contributed by atoms with van der Waals surface area (Å²) in [5, 5.41) is 3.14. The molecule has 20 heavy (non-hydrogen) atoms. The highest BCUT2D eigenvalue weighted by atomic mass is 19.4. The van der Waals surface area contributed by atoms with Crippen LogP contribution in [0.2, 0.25) is 0 Å². The zero-order chi connectivity index (χ0) is 15.8.